The quantitative estimate of drug-likeness (QED) is 0.740. The second-order valence-electron chi connectivity index (χ2n) is 6.50. The highest BCUT2D eigenvalue weighted by molar-refractivity contribution is 6.42. The summed E-state index contributed by atoms with van der Waals surface area (Å²) in [5.41, 5.74) is 2.87. The lowest BCUT2D eigenvalue weighted by molar-refractivity contribution is -0.140. The second-order valence-corrected chi connectivity index (χ2v) is 7.32. The molecule has 2 amide bonds. The first-order valence-corrected chi connectivity index (χ1v) is 9.64. The van der Waals surface area contributed by atoms with Crippen molar-refractivity contribution < 1.29 is 9.59 Å². The van der Waals surface area contributed by atoms with E-state index in [0.717, 1.165) is 16.7 Å². The van der Waals surface area contributed by atoms with Gasteiger partial charge in [-0.05, 0) is 44.0 Å². The predicted molar refractivity (Wildman–Crippen MR) is 110 cm³/mol. The molecule has 0 saturated carbocycles. The molecule has 0 bridgehead atoms. The lowest BCUT2D eigenvalue weighted by Gasteiger charge is -2.29. The van der Waals surface area contributed by atoms with Crippen molar-refractivity contribution >= 4 is 35.0 Å². The van der Waals surface area contributed by atoms with Crippen LogP contribution in [0.5, 0.6) is 0 Å². The number of aryl methyl sites for hydroxylation is 1. The molecule has 0 aliphatic heterocycles. The largest absolute Gasteiger partial charge is 0.355 e. The van der Waals surface area contributed by atoms with E-state index in [-0.39, 0.29) is 18.2 Å². The van der Waals surface area contributed by atoms with Crippen LogP contribution in [0, 0.1) is 6.92 Å². The van der Waals surface area contributed by atoms with Crippen molar-refractivity contribution in [1.82, 2.24) is 10.2 Å². The Bertz CT molecular complexity index is 806. The monoisotopic (exact) mass is 406 g/mol. The van der Waals surface area contributed by atoms with Crippen LogP contribution in [0.2, 0.25) is 10.0 Å². The van der Waals surface area contributed by atoms with E-state index < -0.39 is 6.04 Å². The van der Waals surface area contributed by atoms with Crippen molar-refractivity contribution in [3.8, 4) is 0 Å². The van der Waals surface area contributed by atoms with E-state index in [2.05, 4.69) is 5.32 Å². The molecular formula is C21H24Cl2N2O2. The van der Waals surface area contributed by atoms with Gasteiger partial charge in [0.1, 0.15) is 6.04 Å². The van der Waals surface area contributed by atoms with Crippen LogP contribution in [0.1, 0.15) is 30.5 Å². The van der Waals surface area contributed by atoms with Gasteiger partial charge in [0, 0.05) is 13.1 Å². The zero-order chi connectivity index (χ0) is 20.0. The molecule has 0 fully saturated rings. The van der Waals surface area contributed by atoms with Gasteiger partial charge in [-0.15, -0.1) is 0 Å². The maximum Gasteiger partial charge on any atom is 0.242 e. The van der Waals surface area contributed by atoms with Gasteiger partial charge in [0.25, 0.3) is 0 Å². The fourth-order valence-corrected chi connectivity index (χ4v) is 3.04. The normalized spacial score (nSPS) is 11.7. The van der Waals surface area contributed by atoms with Crippen molar-refractivity contribution in [2.45, 2.75) is 39.8 Å². The van der Waals surface area contributed by atoms with E-state index in [1.54, 1.807) is 30.0 Å². The molecule has 0 saturated heterocycles. The van der Waals surface area contributed by atoms with Gasteiger partial charge in [-0.3, -0.25) is 9.59 Å². The third-order valence-corrected chi connectivity index (χ3v) is 5.07. The van der Waals surface area contributed by atoms with Gasteiger partial charge in [0.2, 0.25) is 11.8 Å². The number of amides is 2. The van der Waals surface area contributed by atoms with Crippen molar-refractivity contribution in [2.24, 2.45) is 0 Å². The maximum atomic E-state index is 13.0. The molecule has 4 nitrogen and oxygen atoms in total. The van der Waals surface area contributed by atoms with Crippen LogP contribution in [0.4, 0.5) is 0 Å². The Kier molecular flexibility index (Phi) is 7.69. The van der Waals surface area contributed by atoms with Gasteiger partial charge in [-0.2, -0.15) is 0 Å². The Balaban J connectivity index is 2.23. The first-order valence-electron chi connectivity index (χ1n) is 8.88. The van der Waals surface area contributed by atoms with E-state index >= 15 is 0 Å². The molecule has 0 spiro atoms. The fourth-order valence-electron chi connectivity index (χ4n) is 2.72. The van der Waals surface area contributed by atoms with Crippen LogP contribution in [0.3, 0.4) is 0 Å². The molecule has 0 heterocycles. The molecule has 2 rings (SSSR count). The molecule has 144 valence electrons. The van der Waals surface area contributed by atoms with E-state index in [1.807, 2.05) is 38.1 Å². The maximum absolute atomic E-state index is 13.0. The Morgan fingerprint density at radius 2 is 1.67 bits per heavy atom. The molecule has 0 aliphatic carbocycles. The van der Waals surface area contributed by atoms with Crippen LogP contribution < -0.4 is 5.32 Å². The number of benzene rings is 2. The molecule has 2 aromatic carbocycles. The predicted octanol–water partition coefficient (Wildman–Crippen LogP) is 4.40. The van der Waals surface area contributed by atoms with Crippen molar-refractivity contribution in [3.63, 3.8) is 0 Å². The number of hydrogen-bond donors (Lipinski definition) is 1. The zero-order valence-corrected chi connectivity index (χ0v) is 17.3. The lowest BCUT2D eigenvalue weighted by Crippen LogP contribution is -2.48. The Morgan fingerprint density at radius 1 is 1.04 bits per heavy atom. The third kappa shape index (κ3) is 5.98. The van der Waals surface area contributed by atoms with E-state index in [0.29, 0.717) is 23.1 Å². The van der Waals surface area contributed by atoms with Gasteiger partial charge in [-0.25, -0.2) is 0 Å². The minimum Gasteiger partial charge on any atom is -0.355 e. The van der Waals surface area contributed by atoms with Gasteiger partial charge in [-0.1, -0.05) is 59.1 Å². The minimum atomic E-state index is -0.582. The summed E-state index contributed by atoms with van der Waals surface area (Å²) < 4.78 is 0. The number of carbonyl (C=O) groups is 2. The topological polar surface area (TPSA) is 49.4 Å². The minimum absolute atomic E-state index is 0.145. The molecular weight excluding hydrogens is 383 g/mol. The molecule has 0 aliphatic rings. The molecule has 27 heavy (non-hydrogen) atoms. The second kappa shape index (κ2) is 9.77. The van der Waals surface area contributed by atoms with Gasteiger partial charge in [0.05, 0.1) is 16.5 Å². The summed E-state index contributed by atoms with van der Waals surface area (Å²) in [5.74, 6) is -0.320. The summed E-state index contributed by atoms with van der Waals surface area (Å²) in [4.78, 5) is 26.9. The highest BCUT2D eigenvalue weighted by Gasteiger charge is 2.26. The van der Waals surface area contributed by atoms with E-state index in [4.69, 9.17) is 23.2 Å². The molecule has 6 heteroatoms. The molecule has 1 atom stereocenters. The SMILES string of the molecule is CCNC(=O)[C@@H](C)N(Cc1ccc(C)cc1)C(=O)Cc1ccc(Cl)c(Cl)c1. The first-order chi connectivity index (χ1) is 12.8. The molecule has 0 radical (unpaired) electrons. The van der Waals surface area contributed by atoms with Crippen molar-refractivity contribution in [2.75, 3.05) is 6.54 Å². The summed E-state index contributed by atoms with van der Waals surface area (Å²) in [5, 5.41) is 3.64. The summed E-state index contributed by atoms with van der Waals surface area (Å²) >= 11 is 12.0. The van der Waals surface area contributed by atoms with E-state index in [1.165, 1.54) is 0 Å². The molecule has 2 aromatic rings. The number of halogens is 2. The van der Waals surface area contributed by atoms with Crippen LogP contribution in [-0.2, 0) is 22.6 Å². The fraction of sp³-hybridized carbons (Fsp3) is 0.333. The highest BCUT2D eigenvalue weighted by Crippen LogP contribution is 2.23. The van der Waals surface area contributed by atoms with E-state index in [9.17, 15) is 9.59 Å². The van der Waals surface area contributed by atoms with Gasteiger partial charge in [0.15, 0.2) is 0 Å². The average Bonchev–Trinajstić information content (AvgIpc) is 2.64. The Labute approximate surface area is 170 Å². The average molecular weight is 407 g/mol. The molecule has 0 unspecified atom stereocenters. The smallest absolute Gasteiger partial charge is 0.242 e. The van der Waals surface area contributed by atoms with Gasteiger partial charge < -0.3 is 10.2 Å². The Hall–Kier alpha value is -2.04. The summed E-state index contributed by atoms with van der Waals surface area (Å²) in [6, 6.07) is 12.5. The molecule has 1 N–H and O–H groups in total. The van der Waals surface area contributed by atoms with Crippen molar-refractivity contribution in [1.29, 1.82) is 0 Å². The van der Waals surface area contributed by atoms with Crippen LogP contribution in [0.15, 0.2) is 42.5 Å². The third-order valence-electron chi connectivity index (χ3n) is 4.33. The zero-order valence-electron chi connectivity index (χ0n) is 15.8. The number of rotatable bonds is 7. The van der Waals surface area contributed by atoms with Crippen molar-refractivity contribution in [3.05, 3.63) is 69.2 Å². The molecule has 0 aromatic heterocycles. The number of nitrogens with one attached hydrogen (secondary N) is 1. The van der Waals surface area contributed by atoms with Crippen LogP contribution in [-0.4, -0.2) is 29.3 Å². The summed E-state index contributed by atoms with van der Waals surface area (Å²) in [7, 11) is 0. The Morgan fingerprint density at radius 3 is 2.26 bits per heavy atom. The summed E-state index contributed by atoms with van der Waals surface area (Å²) in [6.45, 7) is 6.48. The lowest BCUT2D eigenvalue weighted by atomic mass is 10.1. The number of likely N-dealkylation sites (N-methyl/N-ethyl adjacent to an activating group) is 1. The number of nitrogens with zero attached hydrogens (tertiary/aromatic N) is 1. The first kappa shape index (κ1) is 21.3. The van der Waals surface area contributed by atoms with Crippen LogP contribution in [0.25, 0.3) is 0 Å². The number of carbonyl (C=O) groups excluding carboxylic acids is 2. The number of hydrogen-bond acceptors (Lipinski definition) is 2. The highest BCUT2D eigenvalue weighted by atomic mass is 35.5. The standard InChI is InChI=1S/C21H24Cl2N2O2/c1-4-24-21(27)15(3)25(13-16-7-5-14(2)6-8-16)20(26)12-17-9-10-18(22)19(23)11-17/h5-11,15H,4,12-13H2,1-3H3,(H,24,27)/t15-/m1/s1. The summed E-state index contributed by atoms with van der Waals surface area (Å²) in [6.07, 6.45) is 0.145. The van der Waals surface area contributed by atoms with Crippen LogP contribution >= 0.6 is 23.2 Å². The van der Waals surface area contributed by atoms with Gasteiger partial charge >= 0.3 is 0 Å².